The van der Waals surface area contributed by atoms with Crippen LogP contribution in [0.4, 0.5) is 5.69 Å². The van der Waals surface area contributed by atoms with E-state index < -0.39 is 11.4 Å². The Morgan fingerprint density at radius 1 is 1.33 bits per heavy atom. The summed E-state index contributed by atoms with van der Waals surface area (Å²) in [5, 5.41) is 9.12. The number of hydrogen-bond donors (Lipinski definition) is 2. The van der Waals surface area contributed by atoms with E-state index in [9.17, 15) is 9.59 Å². The van der Waals surface area contributed by atoms with Crippen molar-refractivity contribution in [2.75, 3.05) is 18.8 Å². The molecule has 1 fully saturated rings. The van der Waals surface area contributed by atoms with Crippen molar-refractivity contribution >= 4 is 17.6 Å². The van der Waals surface area contributed by atoms with Crippen LogP contribution in [0.25, 0.3) is 0 Å². The lowest BCUT2D eigenvalue weighted by Gasteiger charge is -2.20. The van der Waals surface area contributed by atoms with Crippen LogP contribution in [0.1, 0.15) is 23.7 Å². The first-order chi connectivity index (χ1) is 8.42. The Hall–Kier alpha value is -2.04. The summed E-state index contributed by atoms with van der Waals surface area (Å²) < 4.78 is 0. The summed E-state index contributed by atoms with van der Waals surface area (Å²) in [7, 11) is 0. The first kappa shape index (κ1) is 12.4. The van der Waals surface area contributed by atoms with E-state index in [1.165, 1.54) is 0 Å². The first-order valence-corrected chi connectivity index (χ1v) is 5.81. The van der Waals surface area contributed by atoms with E-state index in [-0.39, 0.29) is 12.5 Å². The van der Waals surface area contributed by atoms with Crippen molar-refractivity contribution in [1.29, 1.82) is 0 Å². The van der Waals surface area contributed by atoms with Crippen LogP contribution in [0.2, 0.25) is 0 Å². The van der Waals surface area contributed by atoms with Crippen molar-refractivity contribution in [3.63, 3.8) is 0 Å². The molecule has 1 aliphatic heterocycles. The molecule has 0 spiro atoms. The number of hydrogen-bond acceptors (Lipinski definition) is 3. The first-order valence-electron chi connectivity index (χ1n) is 5.81. The molecule has 0 saturated carbocycles. The van der Waals surface area contributed by atoms with Crippen LogP contribution in [0, 0.1) is 5.41 Å². The molecule has 18 heavy (non-hydrogen) atoms. The molecule has 0 aliphatic carbocycles. The molecule has 1 saturated heterocycles. The number of anilines is 1. The number of carbonyl (C=O) groups excluding carboxylic acids is 1. The molecule has 1 aliphatic rings. The molecule has 1 unspecified atom stereocenters. The topological polar surface area (TPSA) is 83.6 Å². The Balaban J connectivity index is 2.12. The van der Waals surface area contributed by atoms with Gasteiger partial charge in [-0.1, -0.05) is 0 Å². The third-order valence-corrected chi connectivity index (χ3v) is 3.43. The predicted molar refractivity (Wildman–Crippen MR) is 67.1 cm³/mol. The van der Waals surface area contributed by atoms with Crippen LogP contribution in [0.5, 0.6) is 0 Å². The van der Waals surface area contributed by atoms with Gasteiger partial charge >= 0.3 is 5.97 Å². The molecule has 2 rings (SSSR count). The highest BCUT2D eigenvalue weighted by atomic mass is 16.4. The van der Waals surface area contributed by atoms with Crippen molar-refractivity contribution in [1.82, 2.24) is 4.90 Å². The second-order valence-electron chi connectivity index (χ2n) is 4.96. The van der Waals surface area contributed by atoms with Gasteiger partial charge < -0.3 is 15.7 Å². The average molecular weight is 248 g/mol. The lowest BCUT2D eigenvalue weighted by Crippen LogP contribution is -2.34. The van der Waals surface area contributed by atoms with Crippen molar-refractivity contribution in [2.45, 2.75) is 13.3 Å². The molecule has 5 heteroatoms. The molecular formula is C13H16N2O3. The van der Waals surface area contributed by atoms with Crippen molar-refractivity contribution in [3.05, 3.63) is 29.8 Å². The van der Waals surface area contributed by atoms with Crippen LogP contribution in [0.3, 0.4) is 0 Å². The second-order valence-corrected chi connectivity index (χ2v) is 4.96. The highest BCUT2D eigenvalue weighted by Gasteiger charge is 2.42. The number of amides is 1. The number of carboxylic acids is 1. The van der Waals surface area contributed by atoms with Gasteiger partial charge in [0.1, 0.15) is 0 Å². The maximum atomic E-state index is 12.2. The number of nitrogen functional groups attached to an aromatic ring is 1. The summed E-state index contributed by atoms with van der Waals surface area (Å²) in [4.78, 5) is 24.9. The highest BCUT2D eigenvalue weighted by Crippen LogP contribution is 2.31. The molecule has 0 bridgehead atoms. The summed E-state index contributed by atoms with van der Waals surface area (Å²) in [6, 6.07) is 6.65. The van der Waals surface area contributed by atoms with Gasteiger partial charge in [0.25, 0.3) is 5.91 Å². The van der Waals surface area contributed by atoms with Crippen molar-refractivity contribution in [3.8, 4) is 0 Å². The fourth-order valence-electron chi connectivity index (χ4n) is 2.12. The number of nitrogens with two attached hydrogens (primary N) is 1. The largest absolute Gasteiger partial charge is 0.481 e. The Morgan fingerprint density at radius 2 is 1.94 bits per heavy atom. The maximum Gasteiger partial charge on any atom is 0.311 e. The zero-order chi connectivity index (χ0) is 13.3. The molecule has 0 radical (unpaired) electrons. The van der Waals surface area contributed by atoms with E-state index >= 15 is 0 Å². The zero-order valence-electron chi connectivity index (χ0n) is 10.2. The second kappa shape index (κ2) is 4.33. The summed E-state index contributed by atoms with van der Waals surface area (Å²) >= 11 is 0. The van der Waals surface area contributed by atoms with Gasteiger partial charge in [0.05, 0.1) is 5.41 Å². The predicted octanol–water partition coefficient (Wildman–Crippen LogP) is 1.21. The molecule has 1 aromatic carbocycles. The maximum absolute atomic E-state index is 12.2. The summed E-state index contributed by atoms with van der Waals surface area (Å²) in [5.74, 6) is -0.991. The fourth-order valence-corrected chi connectivity index (χ4v) is 2.12. The number of likely N-dealkylation sites (tertiary alicyclic amines) is 1. The number of rotatable bonds is 2. The van der Waals surface area contributed by atoms with Crippen LogP contribution in [-0.4, -0.2) is 35.0 Å². The van der Waals surface area contributed by atoms with Gasteiger partial charge in [-0.25, -0.2) is 0 Å². The van der Waals surface area contributed by atoms with E-state index in [0.717, 1.165) is 0 Å². The minimum Gasteiger partial charge on any atom is -0.481 e. The van der Waals surface area contributed by atoms with E-state index in [1.54, 1.807) is 36.1 Å². The quantitative estimate of drug-likeness (QED) is 0.770. The van der Waals surface area contributed by atoms with Gasteiger partial charge in [0.15, 0.2) is 0 Å². The SMILES string of the molecule is CC1(C(=O)O)CCN(C(=O)c2ccc(N)cc2)C1. The van der Waals surface area contributed by atoms with Gasteiger partial charge in [0.2, 0.25) is 0 Å². The molecular weight excluding hydrogens is 232 g/mol. The number of nitrogens with zero attached hydrogens (tertiary/aromatic N) is 1. The van der Waals surface area contributed by atoms with E-state index in [1.807, 2.05) is 0 Å². The average Bonchev–Trinajstić information content (AvgIpc) is 2.73. The molecule has 1 amide bonds. The molecule has 5 nitrogen and oxygen atoms in total. The summed E-state index contributed by atoms with van der Waals surface area (Å²) in [5.41, 5.74) is 5.87. The molecule has 3 N–H and O–H groups in total. The minimum atomic E-state index is -0.852. The number of benzene rings is 1. The zero-order valence-corrected chi connectivity index (χ0v) is 10.2. The Labute approximate surface area is 105 Å². The Bertz CT molecular complexity index is 484. The van der Waals surface area contributed by atoms with Gasteiger partial charge in [0, 0.05) is 24.3 Å². The Morgan fingerprint density at radius 3 is 2.44 bits per heavy atom. The van der Waals surface area contributed by atoms with Crippen molar-refractivity contribution < 1.29 is 14.7 Å². The monoisotopic (exact) mass is 248 g/mol. The molecule has 1 atom stereocenters. The third-order valence-electron chi connectivity index (χ3n) is 3.43. The lowest BCUT2D eigenvalue weighted by molar-refractivity contribution is -0.147. The third kappa shape index (κ3) is 2.16. The van der Waals surface area contributed by atoms with Crippen LogP contribution in [-0.2, 0) is 4.79 Å². The molecule has 1 aromatic rings. The van der Waals surface area contributed by atoms with Crippen molar-refractivity contribution in [2.24, 2.45) is 5.41 Å². The summed E-state index contributed by atoms with van der Waals surface area (Å²) in [6.45, 7) is 2.41. The van der Waals surface area contributed by atoms with Gasteiger partial charge in [-0.15, -0.1) is 0 Å². The van der Waals surface area contributed by atoms with E-state index in [2.05, 4.69) is 0 Å². The Kier molecular flexibility index (Phi) is 2.98. The van der Waals surface area contributed by atoms with Crippen LogP contribution in [0.15, 0.2) is 24.3 Å². The highest BCUT2D eigenvalue weighted by molar-refractivity contribution is 5.95. The smallest absolute Gasteiger partial charge is 0.311 e. The molecule has 96 valence electrons. The molecule has 0 aromatic heterocycles. The minimum absolute atomic E-state index is 0.139. The number of carbonyl (C=O) groups is 2. The van der Waals surface area contributed by atoms with Gasteiger partial charge in [-0.2, -0.15) is 0 Å². The fraction of sp³-hybridized carbons (Fsp3) is 0.385. The van der Waals surface area contributed by atoms with Crippen LogP contribution >= 0.6 is 0 Å². The van der Waals surface area contributed by atoms with Gasteiger partial charge in [-0.3, -0.25) is 9.59 Å². The van der Waals surface area contributed by atoms with E-state index in [0.29, 0.717) is 24.2 Å². The standard InChI is InChI=1S/C13H16N2O3/c1-13(12(17)18)6-7-15(8-13)11(16)9-2-4-10(14)5-3-9/h2-5H,6-8,14H2,1H3,(H,17,18). The van der Waals surface area contributed by atoms with E-state index in [4.69, 9.17) is 10.8 Å². The van der Waals surface area contributed by atoms with Crippen LogP contribution < -0.4 is 5.73 Å². The van der Waals surface area contributed by atoms with Gasteiger partial charge in [-0.05, 0) is 37.6 Å². The number of carboxylic acid groups (broad SMARTS) is 1. The number of aliphatic carboxylic acids is 1. The lowest BCUT2D eigenvalue weighted by atomic mass is 9.90. The summed E-state index contributed by atoms with van der Waals surface area (Å²) in [6.07, 6.45) is 0.489. The normalized spacial score (nSPS) is 23.1. The molecule has 1 heterocycles.